The fraction of sp³-hybridized carbons (Fsp3) is 0.304. The van der Waals surface area contributed by atoms with Crippen molar-refractivity contribution in [1.82, 2.24) is 30.4 Å². The summed E-state index contributed by atoms with van der Waals surface area (Å²) in [6.07, 6.45) is 2.75. The van der Waals surface area contributed by atoms with Crippen molar-refractivity contribution in [3.05, 3.63) is 59.9 Å². The highest BCUT2D eigenvalue weighted by atomic mass is 15.1. The first-order valence-corrected chi connectivity index (χ1v) is 10.0. The summed E-state index contributed by atoms with van der Waals surface area (Å²) < 4.78 is 0. The average Bonchev–Trinajstić information content (AvgIpc) is 3.36. The lowest BCUT2D eigenvalue weighted by Gasteiger charge is -2.11. The second-order valence-corrected chi connectivity index (χ2v) is 8.02. The minimum absolute atomic E-state index is 0.354. The van der Waals surface area contributed by atoms with Crippen LogP contribution < -0.4 is 0 Å². The number of H-pyrrole nitrogens is 2. The van der Waals surface area contributed by atoms with E-state index >= 15 is 0 Å². The first-order chi connectivity index (χ1) is 14.0. The Hall–Kier alpha value is -3.28. The van der Waals surface area contributed by atoms with Gasteiger partial charge in [0.2, 0.25) is 0 Å². The summed E-state index contributed by atoms with van der Waals surface area (Å²) in [5.41, 5.74) is 6.86. The van der Waals surface area contributed by atoms with Crippen molar-refractivity contribution < 1.29 is 0 Å². The number of nitrogens with zero attached hydrogens (tertiary/aromatic N) is 4. The molecule has 3 aromatic heterocycles. The van der Waals surface area contributed by atoms with Crippen LogP contribution in [0.3, 0.4) is 0 Å². The van der Waals surface area contributed by atoms with E-state index in [-0.39, 0.29) is 0 Å². The van der Waals surface area contributed by atoms with E-state index in [1.165, 1.54) is 11.3 Å². The van der Waals surface area contributed by atoms with E-state index in [1.54, 1.807) is 6.20 Å². The molecule has 0 saturated heterocycles. The maximum Gasteiger partial charge on any atom is 0.178 e. The highest BCUT2D eigenvalue weighted by molar-refractivity contribution is 5.67. The Balaban J connectivity index is 1.70. The van der Waals surface area contributed by atoms with E-state index < -0.39 is 0 Å². The van der Waals surface area contributed by atoms with Gasteiger partial charge in [-0.15, -0.1) is 0 Å². The van der Waals surface area contributed by atoms with Gasteiger partial charge >= 0.3 is 0 Å². The Morgan fingerprint density at radius 3 is 2.41 bits per heavy atom. The molecule has 0 aliphatic heterocycles. The minimum atomic E-state index is 0.354. The highest BCUT2D eigenvalue weighted by Crippen LogP contribution is 2.31. The van der Waals surface area contributed by atoms with Crippen LogP contribution in [0.2, 0.25) is 0 Å². The van der Waals surface area contributed by atoms with E-state index in [2.05, 4.69) is 53.1 Å². The van der Waals surface area contributed by atoms with E-state index in [9.17, 15) is 0 Å². The van der Waals surface area contributed by atoms with Gasteiger partial charge < -0.3 is 0 Å². The van der Waals surface area contributed by atoms with E-state index in [1.807, 2.05) is 42.5 Å². The van der Waals surface area contributed by atoms with Crippen molar-refractivity contribution in [1.29, 1.82) is 0 Å². The molecule has 0 amide bonds. The number of hydrogen-bond acceptors (Lipinski definition) is 4. The third-order valence-corrected chi connectivity index (χ3v) is 4.86. The zero-order valence-corrected chi connectivity index (χ0v) is 17.3. The summed E-state index contributed by atoms with van der Waals surface area (Å²) in [4.78, 5) is 9.24. The second kappa shape index (κ2) is 7.99. The summed E-state index contributed by atoms with van der Waals surface area (Å²) in [6, 6.07) is 14.0. The van der Waals surface area contributed by atoms with Gasteiger partial charge in [0.15, 0.2) is 5.82 Å². The van der Waals surface area contributed by atoms with E-state index in [0.717, 1.165) is 34.8 Å². The lowest BCUT2D eigenvalue weighted by molar-refractivity contribution is 0.626. The SMILES string of the molecule is CC(C)Cc1[nH]nc(-c2ccnc(-c3cc(-c4ccccc4)n[nH]3)n2)c1C(C)C. The summed E-state index contributed by atoms with van der Waals surface area (Å²) in [5, 5.41) is 15.3. The van der Waals surface area contributed by atoms with Crippen molar-refractivity contribution in [3.63, 3.8) is 0 Å². The number of aromatic nitrogens is 6. The van der Waals surface area contributed by atoms with Gasteiger partial charge in [-0.25, -0.2) is 9.97 Å². The maximum absolute atomic E-state index is 4.79. The molecule has 4 rings (SSSR count). The van der Waals surface area contributed by atoms with Crippen molar-refractivity contribution in [2.45, 2.75) is 40.0 Å². The molecule has 1 aromatic carbocycles. The van der Waals surface area contributed by atoms with Gasteiger partial charge in [-0.05, 0) is 30.4 Å². The number of aromatic amines is 2. The quantitative estimate of drug-likeness (QED) is 0.474. The normalized spacial score (nSPS) is 11.5. The third-order valence-electron chi connectivity index (χ3n) is 4.86. The molecule has 148 valence electrons. The molecule has 6 nitrogen and oxygen atoms in total. The molecule has 6 heteroatoms. The van der Waals surface area contributed by atoms with Gasteiger partial charge in [0, 0.05) is 23.0 Å². The van der Waals surface area contributed by atoms with Crippen molar-refractivity contribution in [3.8, 4) is 34.2 Å². The summed E-state index contributed by atoms with van der Waals surface area (Å²) in [7, 11) is 0. The molecule has 0 fully saturated rings. The Morgan fingerprint density at radius 1 is 0.897 bits per heavy atom. The number of hydrogen-bond donors (Lipinski definition) is 2. The predicted molar refractivity (Wildman–Crippen MR) is 115 cm³/mol. The fourth-order valence-electron chi connectivity index (χ4n) is 3.58. The number of nitrogens with one attached hydrogen (secondary N) is 2. The smallest absolute Gasteiger partial charge is 0.178 e. The zero-order chi connectivity index (χ0) is 20.4. The summed E-state index contributed by atoms with van der Waals surface area (Å²) in [6.45, 7) is 8.83. The lowest BCUT2D eigenvalue weighted by atomic mass is 9.95. The molecule has 0 atom stereocenters. The molecule has 0 bridgehead atoms. The van der Waals surface area contributed by atoms with Crippen LogP contribution in [-0.4, -0.2) is 30.4 Å². The first-order valence-electron chi connectivity index (χ1n) is 10.0. The van der Waals surface area contributed by atoms with Crippen molar-refractivity contribution in [2.24, 2.45) is 5.92 Å². The first kappa shape index (κ1) is 19.1. The van der Waals surface area contributed by atoms with Crippen LogP contribution in [0, 0.1) is 5.92 Å². The van der Waals surface area contributed by atoms with E-state index in [0.29, 0.717) is 17.7 Å². The van der Waals surface area contributed by atoms with Crippen LogP contribution in [-0.2, 0) is 6.42 Å². The number of benzene rings is 1. The lowest BCUT2D eigenvalue weighted by Crippen LogP contribution is -2.01. The topological polar surface area (TPSA) is 83.1 Å². The van der Waals surface area contributed by atoms with E-state index in [4.69, 9.17) is 4.98 Å². The van der Waals surface area contributed by atoms with Gasteiger partial charge in [0.1, 0.15) is 11.4 Å². The third kappa shape index (κ3) is 3.97. The largest absolute Gasteiger partial charge is 0.282 e. The molecule has 0 saturated carbocycles. The summed E-state index contributed by atoms with van der Waals surface area (Å²) in [5.74, 6) is 1.52. The Kier molecular flexibility index (Phi) is 5.25. The standard InChI is InChI=1S/C23H26N6/c1-14(2)12-19-21(15(3)4)22(29-27-19)17-10-11-24-23(25-17)20-13-18(26-28-20)16-8-6-5-7-9-16/h5-11,13-15H,12H2,1-4H3,(H,26,28)(H,27,29). The molecule has 0 radical (unpaired) electrons. The van der Waals surface area contributed by atoms with Crippen LogP contribution in [0.15, 0.2) is 48.7 Å². The Bertz CT molecular complexity index is 1090. The van der Waals surface area contributed by atoms with Gasteiger partial charge in [0.25, 0.3) is 0 Å². The maximum atomic E-state index is 4.79. The molecule has 0 spiro atoms. The van der Waals surface area contributed by atoms with Gasteiger partial charge in [0.05, 0.1) is 11.4 Å². The van der Waals surface area contributed by atoms with Gasteiger partial charge in [-0.3, -0.25) is 10.2 Å². The van der Waals surface area contributed by atoms with Crippen molar-refractivity contribution in [2.75, 3.05) is 0 Å². The van der Waals surface area contributed by atoms with Crippen LogP contribution in [0.1, 0.15) is 44.9 Å². The molecular formula is C23H26N6. The van der Waals surface area contributed by atoms with Gasteiger partial charge in [-0.2, -0.15) is 10.2 Å². The Labute approximate surface area is 170 Å². The monoisotopic (exact) mass is 386 g/mol. The Morgan fingerprint density at radius 2 is 1.69 bits per heavy atom. The predicted octanol–water partition coefficient (Wildman–Crippen LogP) is 5.25. The van der Waals surface area contributed by atoms with Crippen LogP contribution >= 0.6 is 0 Å². The molecule has 2 N–H and O–H groups in total. The van der Waals surface area contributed by atoms with Crippen molar-refractivity contribution >= 4 is 0 Å². The molecule has 0 unspecified atom stereocenters. The molecule has 29 heavy (non-hydrogen) atoms. The molecule has 4 aromatic rings. The van der Waals surface area contributed by atoms with Crippen LogP contribution in [0.25, 0.3) is 34.2 Å². The zero-order valence-electron chi connectivity index (χ0n) is 17.3. The number of rotatable bonds is 6. The fourth-order valence-corrected chi connectivity index (χ4v) is 3.58. The van der Waals surface area contributed by atoms with Gasteiger partial charge in [-0.1, -0.05) is 58.0 Å². The molecular weight excluding hydrogens is 360 g/mol. The average molecular weight is 387 g/mol. The minimum Gasteiger partial charge on any atom is -0.282 e. The molecule has 0 aliphatic carbocycles. The molecule has 3 heterocycles. The second-order valence-electron chi connectivity index (χ2n) is 8.02. The van der Waals surface area contributed by atoms with Crippen LogP contribution in [0.4, 0.5) is 0 Å². The highest BCUT2D eigenvalue weighted by Gasteiger charge is 2.20. The summed E-state index contributed by atoms with van der Waals surface area (Å²) >= 11 is 0. The van der Waals surface area contributed by atoms with Crippen LogP contribution in [0.5, 0.6) is 0 Å². The molecule has 0 aliphatic rings.